The highest BCUT2D eigenvalue weighted by Crippen LogP contribution is 2.32. The zero-order valence-corrected chi connectivity index (χ0v) is 19.1. The Labute approximate surface area is 183 Å². The molecule has 0 spiro atoms. The molecule has 2 fully saturated rings. The Hall–Kier alpha value is -1.34. The minimum Gasteiger partial charge on any atom is -0.343 e. The van der Waals surface area contributed by atoms with Crippen LogP contribution in [0.2, 0.25) is 4.34 Å². The Morgan fingerprint density at radius 2 is 1.86 bits per heavy atom. The number of hydrogen-bond acceptors (Lipinski definition) is 4. The molecule has 6 nitrogen and oxygen atoms in total. The molecular weight excluding hydrogens is 408 g/mol. The van der Waals surface area contributed by atoms with Crippen LogP contribution in [0.5, 0.6) is 0 Å². The number of likely N-dealkylation sites (tertiary alicyclic amines) is 1. The fraction of sp³-hybridized carbons (Fsp3) is 0.762. The van der Waals surface area contributed by atoms with Crippen molar-refractivity contribution < 1.29 is 9.59 Å². The summed E-state index contributed by atoms with van der Waals surface area (Å²) in [7, 11) is 0. The highest BCUT2D eigenvalue weighted by molar-refractivity contribution is 7.19. The lowest BCUT2D eigenvalue weighted by Gasteiger charge is -2.44. The second-order valence-corrected chi connectivity index (χ2v) is 10.1. The third-order valence-corrected chi connectivity index (χ3v) is 7.29. The number of hydrogen-bond donors (Lipinski definition) is 1. The number of amides is 3. The topological polar surface area (TPSA) is 65.5 Å². The van der Waals surface area contributed by atoms with Crippen molar-refractivity contribution >= 4 is 40.0 Å². The molecule has 2 aliphatic rings. The summed E-state index contributed by atoms with van der Waals surface area (Å²) in [6.45, 7) is 5.88. The van der Waals surface area contributed by atoms with Crippen molar-refractivity contribution in [1.82, 2.24) is 14.8 Å². The van der Waals surface area contributed by atoms with E-state index in [-0.39, 0.29) is 24.0 Å². The van der Waals surface area contributed by atoms with Crippen LogP contribution in [-0.4, -0.2) is 51.9 Å². The number of piperidine rings is 1. The number of unbranched alkanes of at least 4 members (excludes halogenated alkanes) is 1. The first kappa shape index (κ1) is 22.3. The maximum Gasteiger partial charge on any atom is 0.324 e. The van der Waals surface area contributed by atoms with E-state index in [0.29, 0.717) is 15.9 Å². The predicted octanol–water partition coefficient (Wildman–Crippen LogP) is 5.39. The van der Waals surface area contributed by atoms with Crippen LogP contribution in [0.15, 0.2) is 6.20 Å². The molecule has 8 heteroatoms. The summed E-state index contributed by atoms with van der Waals surface area (Å²) in [5, 5.41) is 3.50. The van der Waals surface area contributed by atoms with Crippen LogP contribution in [0.25, 0.3) is 0 Å². The first-order valence-electron chi connectivity index (χ1n) is 11.0. The van der Waals surface area contributed by atoms with E-state index in [1.807, 2.05) is 4.90 Å². The van der Waals surface area contributed by atoms with E-state index in [0.717, 1.165) is 70.4 Å². The van der Waals surface area contributed by atoms with Crippen molar-refractivity contribution in [3.05, 3.63) is 10.5 Å². The van der Waals surface area contributed by atoms with Gasteiger partial charge in [-0.15, -0.1) is 0 Å². The quantitative estimate of drug-likeness (QED) is 0.644. The van der Waals surface area contributed by atoms with E-state index in [2.05, 4.69) is 29.0 Å². The molecule has 1 saturated heterocycles. The molecule has 162 valence electrons. The minimum absolute atomic E-state index is 0.0775. The molecule has 1 saturated carbocycles. The lowest BCUT2D eigenvalue weighted by Crippen LogP contribution is -2.54. The van der Waals surface area contributed by atoms with Gasteiger partial charge in [-0.25, -0.2) is 9.78 Å². The first-order valence-corrected chi connectivity index (χ1v) is 12.2. The number of anilines is 1. The number of thiazole rings is 1. The van der Waals surface area contributed by atoms with E-state index in [9.17, 15) is 9.59 Å². The number of rotatable bonds is 6. The first-order chi connectivity index (χ1) is 14.0. The maximum atomic E-state index is 13.2. The lowest BCUT2D eigenvalue weighted by molar-refractivity contribution is -0.132. The van der Waals surface area contributed by atoms with Gasteiger partial charge in [0.25, 0.3) is 0 Å². The fourth-order valence-corrected chi connectivity index (χ4v) is 5.30. The average molecular weight is 441 g/mol. The zero-order chi connectivity index (χ0) is 20.8. The van der Waals surface area contributed by atoms with Gasteiger partial charge in [0.2, 0.25) is 5.91 Å². The third-order valence-electron chi connectivity index (χ3n) is 6.26. The van der Waals surface area contributed by atoms with E-state index < -0.39 is 0 Å². The number of halogens is 1. The van der Waals surface area contributed by atoms with Crippen molar-refractivity contribution in [3.63, 3.8) is 0 Å². The Balaban J connectivity index is 1.65. The zero-order valence-electron chi connectivity index (χ0n) is 17.5. The van der Waals surface area contributed by atoms with Crippen LogP contribution in [0.3, 0.4) is 0 Å². The van der Waals surface area contributed by atoms with Crippen molar-refractivity contribution in [2.75, 3.05) is 18.4 Å². The molecule has 1 aliphatic heterocycles. The molecule has 0 aromatic carbocycles. The number of urea groups is 1. The van der Waals surface area contributed by atoms with Crippen LogP contribution >= 0.6 is 22.9 Å². The monoisotopic (exact) mass is 440 g/mol. The van der Waals surface area contributed by atoms with Crippen LogP contribution < -0.4 is 5.32 Å². The van der Waals surface area contributed by atoms with Gasteiger partial charge in [0.1, 0.15) is 4.34 Å². The molecule has 2 heterocycles. The molecular formula is C21H33ClN4O2S. The molecule has 0 radical (unpaired) electrons. The van der Waals surface area contributed by atoms with Gasteiger partial charge in [-0.05, 0) is 50.9 Å². The fourth-order valence-electron chi connectivity index (χ4n) is 4.50. The molecule has 1 aromatic rings. The Morgan fingerprint density at radius 3 is 2.45 bits per heavy atom. The highest BCUT2D eigenvalue weighted by Gasteiger charge is 2.35. The third kappa shape index (κ3) is 6.07. The Kier molecular flexibility index (Phi) is 8.18. The smallest absolute Gasteiger partial charge is 0.324 e. The number of nitrogens with zero attached hydrogens (tertiary/aromatic N) is 3. The molecule has 3 rings (SSSR count). The highest BCUT2D eigenvalue weighted by atomic mass is 35.5. The average Bonchev–Trinajstić information content (AvgIpc) is 3.13. The van der Waals surface area contributed by atoms with Gasteiger partial charge < -0.3 is 9.80 Å². The molecule has 0 unspecified atom stereocenters. The van der Waals surface area contributed by atoms with Crippen LogP contribution in [-0.2, 0) is 4.79 Å². The maximum absolute atomic E-state index is 13.2. The van der Waals surface area contributed by atoms with Gasteiger partial charge >= 0.3 is 6.03 Å². The van der Waals surface area contributed by atoms with Gasteiger partial charge in [-0.3, -0.25) is 10.1 Å². The molecule has 0 atom stereocenters. The van der Waals surface area contributed by atoms with Crippen molar-refractivity contribution in [3.8, 4) is 0 Å². The summed E-state index contributed by atoms with van der Waals surface area (Å²) >= 11 is 7.25. The summed E-state index contributed by atoms with van der Waals surface area (Å²) in [6, 6.07) is 0.347. The molecule has 0 bridgehead atoms. The van der Waals surface area contributed by atoms with Gasteiger partial charge in [0, 0.05) is 31.6 Å². The normalized spacial score (nSPS) is 23.1. The summed E-state index contributed by atoms with van der Waals surface area (Å²) in [5.41, 5.74) is 0. The molecule has 1 aliphatic carbocycles. The van der Waals surface area contributed by atoms with Crippen molar-refractivity contribution in [2.24, 2.45) is 5.92 Å². The van der Waals surface area contributed by atoms with Crippen LogP contribution in [0, 0.1) is 5.92 Å². The largest absolute Gasteiger partial charge is 0.343 e. The van der Waals surface area contributed by atoms with Crippen molar-refractivity contribution in [2.45, 2.75) is 83.7 Å². The van der Waals surface area contributed by atoms with Gasteiger partial charge in [0.15, 0.2) is 5.13 Å². The molecule has 1 N–H and O–H groups in total. The van der Waals surface area contributed by atoms with Gasteiger partial charge in [0.05, 0.1) is 6.20 Å². The van der Waals surface area contributed by atoms with Gasteiger partial charge in [-0.2, -0.15) is 0 Å². The molecule has 29 heavy (non-hydrogen) atoms. The van der Waals surface area contributed by atoms with E-state index in [4.69, 9.17) is 11.6 Å². The van der Waals surface area contributed by atoms with Gasteiger partial charge in [-0.1, -0.05) is 43.2 Å². The number of carbonyl (C=O) groups is 2. The number of nitrogens with one attached hydrogen (secondary N) is 1. The number of aromatic nitrogens is 1. The van der Waals surface area contributed by atoms with E-state index in [1.54, 1.807) is 6.20 Å². The van der Waals surface area contributed by atoms with Crippen LogP contribution in [0.1, 0.15) is 71.6 Å². The van der Waals surface area contributed by atoms with E-state index in [1.165, 1.54) is 11.3 Å². The van der Waals surface area contributed by atoms with Crippen molar-refractivity contribution in [1.29, 1.82) is 0 Å². The number of carbonyl (C=O) groups excluding carboxylic acids is 2. The van der Waals surface area contributed by atoms with Crippen LogP contribution in [0.4, 0.5) is 9.93 Å². The second kappa shape index (κ2) is 10.6. The molecule has 1 aromatic heterocycles. The summed E-state index contributed by atoms with van der Waals surface area (Å²) < 4.78 is 0.567. The summed E-state index contributed by atoms with van der Waals surface area (Å²) in [5.74, 6) is 0.984. The Morgan fingerprint density at radius 1 is 1.21 bits per heavy atom. The lowest BCUT2D eigenvalue weighted by atomic mass is 9.85. The van der Waals surface area contributed by atoms with E-state index >= 15 is 0 Å². The summed E-state index contributed by atoms with van der Waals surface area (Å²) in [4.78, 5) is 33.8. The Bertz CT molecular complexity index is 682. The standard InChI is InChI=1S/C21H33ClN4O2S/c1-3-4-5-19(27)25-12-10-17(11-13-25)26(16-8-6-15(2)7-9-16)21(28)24-20-23-14-18(22)29-20/h14-17H,3-13H2,1-2H3,(H,23,24,28)/t15-,16-. The second-order valence-electron chi connectivity index (χ2n) is 8.44. The predicted molar refractivity (Wildman–Crippen MR) is 119 cm³/mol. The molecule has 3 amide bonds. The minimum atomic E-state index is -0.0775. The summed E-state index contributed by atoms with van der Waals surface area (Å²) in [6.07, 6.45) is 10.3. The SMILES string of the molecule is CCCCC(=O)N1CCC(N(C(=O)Nc2ncc(Cl)s2)[C@H]2CC[C@H](C)CC2)CC1.